The number of alkyl carbamates (subject to hydrolysis) is 1. The van der Waals surface area contributed by atoms with E-state index >= 15 is 0 Å². The van der Waals surface area contributed by atoms with Crippen LogP contribution >= 0.6 is 0 Å². The number of hydrogen-bond acceptors (Lipinski definition) is 7. The van der Waals surface area contributed by atoms with Crippen molar-refractivity contribution in [3.63, 3.8) is 0 Å². The van der Waals surface area contributed by atoms with E-state index in [9.17, 15) is 24.0 Å². The normalized spacial score (nSPS) is 26.0. The fourth-order valence-corrected chi connectivity index (χ4v) is 6.74. The van der Waals surface area contributed by atoms with Crippen LogP contribution in [0.1, 0.15) is 66.4 Å². The second-order valence-corrected chi connectivity index (χ2v) is 13.8. The summed E-state index contributed by atoms with van der Waals surface area (Å²) in [5, 5.41) is 8.24. The fourth-order valence-electron chi connectivity index (χ4n) is 6.74. The minimum Gasteiger partial charge on any atom is -0.445 e. The van der Waals surface area contributed by atoms with Crippen LogP contribution in [0.25, 0.3) is 0 Å². The molecule has 12 heteroatoms. The average Bonchev–Trinajstić information content (AvgIpc) is 3.27. The molecule has 3 aliphatic rings. The number of nitrogens with one attached hydrogen (secondary N) is 3. The highest BCUT2D eigenvalue weighted by Crippen LogP contribution is 2.65. The number of likely N-dealkylation sites (tertiary alicyclic amines) is 1. The summed E-state index contributed by atoms with van der Waals surface area (Å²) in [6.45, 7) is 12.2. The number of hydrogen-bond donors (Lipinski definition) is 4. The second-order valence-electron chi connectivity index (χ2n) is 13.8. The van der Waals surface area contributed by atoms with E-state index in [4.69, 9.17) is 15.2 Å². The van der Waals surface area contributed by atoms with Crippen LogP contribution in [0.2, 0.25) is 0 Å². The molecule has 2 aliphatic heterocycles. The lowest BCUT2D eigenvalue weighted by atomic mass is 9.91. The number of primary amides is 1. The molecule has 5 N–H and O–H groups in total. The van der Waals surface area contributed by atoms with Crippen molar-refractivity contribution >= 4 is 29.7 Å². The molecule has 1 aromatic carbocycles. The smallest absolute Gasteiger partial charge is 0.408 e. The zero-order valence-corrected chi connectivity index (χ0v) is 26.6. The molecule has 2 heterocycles. The minimum atomic E-state index is -1.15. The molecule has 3 fully saturated rings. The predicted molar refractivity (Wildman–Crippen MR) is 162 cm³/mol. The number of benzene rings is 1. The molecule has 44 heavy (non-hydrogen) atoms. The van der Waals surface area contributed by atoms with Gasteiger partial charge in [0.2, 0.25) is 23.6 Å². The van der Waals surface area contributed by atoms with Gasteiger partial charge in [0.15, 0.2) is 0 Å². The van der Waals surface area contributed by atoms with Gasteiger partial charge in [0.25, 0.3) is 0 Å². The van der Waals surface area contributed by atoms with E-state index in [2.05, 4.69) is 16.0 Å². The summed E-state index contributed by atoms with van der Waals surface area (Å²) in [6.07, 6.45) is -0.101. The summed E-state index contributed by atoms with van der Waals surface area (Å²) >= 11 is 0. The topological polar surface area (TPSA) is 169 Å². The van der Waals surface area contributed by atoms with E-state index in [0.29, 0.717) is 19.5 Å². The van der Waals surface area contributed by atoms with Gasteiger partial charge in [-0.2, -0.15) is 0 Å². The molecule has 12 nitrogen and oxygen atoms in total. The first kappa shape index (κ1) is 33.2. The average molecular weight is 614 g/mol. The lowest BCUT2D eigenvalue weighted by Gasteiger charge is -2.36. The number of fused-ring (bicyclic) bond motifs is 1. The molecule has 5 amide bonds. The molecular weight excluding hydrogens is 566 g/mol. The summed E-state index contributed by atoms with van der Waals surface area (Å²) in [5.74, 6) is -2.44. The quantitative estimate of drug-likeness (QED) is 0.295. The Morgan fingerprint density at radius 1 is 1.14 bits per heavy atom. The summed E-state index contributed by atoms with van der Waals surface area (Å²) in [7, 11) is 0. The van der Waals surface area contributed by atoms with Crippen LogP contribution in [0, 0.1) is 23.2 Å². The number of rotatable bonds is 11. The van der Waals surface area contributed by atoms with Crippen molar-refractivity contribution in [2.75, 3.05) is 13.1 Å². The van der Waals surface area contributed by atoms with Gasteiger partial charge >= 0.3 is 6.09 Å². The summed E-state index contributed by atoms with van der Waals surface area (Å²) in [6, 6.07) is 6.06. The van der Waals surface area contributed by atoms with Gasteiger partial charge in [-0.15, -0.1) is 0 Å². The zero-order valence-electron chi connectivity index (χ0n) is 26.6. The van der Waals surface area contributed by atoms with E-state index in [1.54, 1.807) is 6.92 Å². The van der Waals surface area contributed by atoms with E-state index in [-0.39, 0.29) is 36.2 Å². The Hall–Kier alpha value is -3.67. The molecule has 0 unspecified atom stereocenters. The number of carbonyl (C=O) groups is 5. The summed E-state index contributed by atoms with van der Waals surface area (Å²) < 4.78 is 11.5. The summed E-state index contributed by atoms with van der Waals surface area (Å²) in [5.41, 5.74) is 5.63. The Kier molecular flexibility index (Phi) is 9.92. The van der Waals surface area contributed by atoms with E-state index < -0.39 is 59.6 Å². The van der Waals surface area contributed by atoms with Crippen LogP contribution in [0.5, 0.6) is 0 Å². The number of piperidine rings is 2. The van der Waals surface area contributed by atoms with E-state index in [1.807, 2.05) is 65.0 Å². The lowest BCUT2D eigenvalue weighted by molar-refractivity contribution is -0.148. The molecule has 242 valence electrons. The maximum absolute atomic E-state index is 14.2. The first-order valence-electron chi connectivity index (χ1n) is 15.4. The Bertz CT molecular complexity index is 1250. The van der Waals surface area contributed by atoms with Crippen LogP contribution in [0.15, 0.2) is 30.3 Å². The van der Waals surface area contributed by atoms with Crippen molar-refractivity contribution in [2.24, 2.45) is 28.9 Å². The second kappa shape index (κ2) is 13.1. The third kappa shape index (κ3) is 7.69. The van der Waals surface area contributed by atoms with Crippen LogP contribution in [-0.4, -0.2) is 77.5 Å². The Balaban J connectivity index is 1.52. The Morgan fingerprint density at radius 2 is 1.82 bits per heavy atom. The number of ether oxygens (including phenoxy) is 2. The van der Waals surface area contributed by atoms with Crippen molar-refractivity contribution in [1.82, 2.24) is 20.9 Å². The van der Waals surface area contributed by atoms with Crippen molar-refractivity contribution in [2.45, 2.75) is 97.2 Å². The highest BCUT2D eigenvalue weighted by molar-refractivity contribution is 5.95. The van der Waals surface area contributed by atoms with Crippen molar-refractivity contribution in [3.05, 3.63) is 35.9 Å². The predicted octanol–water partition coefficient (Wildman–Crippen LogP) is 1.85. The largest absolute Gasteiger partial charge is 0.445 e. The molecule has 1 aromatic rings. The lowest BCUT2D eigenvalue weighted by Crippen LogP contribution is -2.61. The van der Waals surface area contributed by atoms with Gasteiger partial charge < -0.3 is 36.1 Å². The monoisotopic (exact) mass is 613 g/mol. The van der Waals surface area contributed by atoms with E-state index in [0.717, 1.165) is 12.0 Å². The van der Waals surface area contributed by atoms with Gasteiger partial charge in [-0.05, 0) is 69.8 Å². The minimum absolute atomic E-state index is 0.0166. The van der Waals surface area contributed by atoms with Gasteiger partial charge in [-0.1, -0.05) is 44.2 Å². The van der Waals surface area contributed by atoms with Crippen molar-refractivity contribution < 1.29 is 33.4 Å². The maximum Gasteiger partial charge on any atom is 0.408 e. The number of amides is 5. The third-order valence-electron chi connectivity index (χ3n) is 9.10. The molecule has 4 rings (SSSR count). The fraction of sp³-hybridized carbons (Fsp3) is 0.656. The third-order valence-corrected chi connectivity index (χ3v) is 9.10. The SMILES string of the molecule is C[C@@H](OC(C)(C)C)[C@H](NC(=O)OCc1ccccc1)C(=O)N1C[C@H]2[C@@H]([C@H]1C(=O)N[C@@H](C[C@@H]1CCCNC1=O)C(N)=O)C2(C)C. The van der Waals surface area contributed by atoms with E-state index in [1.165, 1.54) is 4.90 Å². The number of nitrogens with zero attached hydrogens (tertiary/aromatic N) is 1. The standard InChI is InChI=1S/C32H47N5O7/c1-18(44-31(2,3)4)24(36-30(42)43-17-19-11-8-7-9-12-19)29(41)37-16-21-23(32(21,5)6)25(37)28(40)35-22(26(33)38)15-20-13-10-14-34-27(20)39/h7-9,11-12,18,20-25H,10,13-17H2,1-6H3,(H2,33,38)(H,34,39)(H,35,40)(H,36,42)/t18-,20+,21+,22+,23+,24+,25+/m1/s1. The number of nitrogens with two attached hydrogens (primary N) is 1. The van der Waals surface area contributed by atoms with Crippen molar-refractivity contribution in [1.29, 1.82) is 0 Å². The van der Waals surface area contributed by atoms with Gasteiger partial charge in [-0.3, -0.25) is 19.2 Å². The van der Waals surface area contributed by atoms with Crippen LogP contribution in [-0.2, 0) is 35.3 Å². The summed E-state index contributed by atoms with van der Waals surface area (Å²) in [4.78, 5) is 67.2. The zero-order chi connectivity index (χ0) is 32.4. The van der Waals surface area contributed by atoms with Gasteiger partial charge in [0.05, 0.1) is 11.7 Å². The van der Waals surface area contributed by atoms with Crippen LogP contribution in [0.4, 0.5) is 4.79 Å². The molecular formula is C32H47N5O7. The highest BCUT2D eigenvalue weighted by atomic mass is 16.6. The molecule has 0 spiro atoms. The first-order valence-corrected chi connectivity index (χ1v) is 15.4. The van der Waals surface area contributed by atoms with Crippen molar-refractivity contribution in [3.8, 4) is 0 Å². The number of carbonyl (C=O) groups excluding carboxylic acids is 5. The molecule has 1 aliphatic carbocycles. The highest BCUT2D eigenvalue weighted by Gasteiger charge is 2.69. The van der Waals surface area contributed by atoms with Crippen LogP contribution in [0.3, 0.4) is 0 Å². The molecule has 7 atom stereocenters. The van der Waals surface area contributed by atoms with Gasteiger partial charge in [0.1, 0.15) is 24.7 Å². The molecule has 0 bridgehead atoms. The van der Waals surface area contributed by atoms with Crippen LogP contribution < -0.4 is 21.7 Å². The molecule has 1 saturated carbocycles. The van der Waals surface area contributed by atoms with Gasteiger partial charge in [0, 0.05) is 19.0 Å². The maximum atomic E-state index is 14.2. The Labute approximate surface area is 259 Å². The molecule has 2 saturated heterocycles. The Morgan fingerprint density at radius 3 is 2.43 bits per heavy atom. The molecule has 0 aromatic heterocycles. The van der Waals surface area contributed by atoms with Gasteiger partial charge in [-0.25, -0.2) is 4.79 Å². The first-order chi connectivity index (χ1) is 20.6. The molecule has 0 radical (unpaired) electrons.